The molecule has 0 bridgehead atoms. The van der Waals surface area contributed by atoms with Gasteiger partial charge in [0.15, 0.2) is 5.84 Å². The molecule has 0 aromatic heterocycles. The zero-order valence-corrected chi connectivity index (χ0v) is 12.2. The molecule has 0 saturated carbocycles. The molecule has 0 aliphatic rings. The third-order valence-electron chi connectivity index (χ3n) is 2.83. The van der Waals surface area contributed by atoms with E-state index in [1.54, 1.807) is 24.9 Å². The number of methoxy groups -OCH3 is 1. The van der Waals surface area contributed by atoms with Gasteiger partial charge in [-0.1, -0.05) is 5.16 Å². The maximum Gasteiger partial charge on any atom is 0.170 e. The van der Waals surface area contributed by atoms with E-state index in [1.165, 1.54) is 12.1 Å². The smallest absolute Gasteiger partial charge is 0.170 e. The lowest BCUT2D eigenvalue weighted by atomic mass is 10.1. The number of nitrogens with two attached hydrogens (primary N) is 1. The average molecular weight is 306 g/mol. The number of thioether (sulfide) groups is 1. The quantitative estimate of drug-likeness (QED) is 0.293. The SMILES string of the molecule is COc1ccc(SCc2cc(F)cc(/C(N)=N/O)c2)cc1. The summed E-state index contributed by atoms with van der Waals surface area (Å²) in [5.74, 6) is 0.851. The molecule has 110 valence electrons. The fourth-order valence-electron chi connectivity index (χ4n) is 1.78. The molecule has 0 aliphatic carbocycles. The highest BCUT2D eigenvalue weighted by Crippen LogP contribution is 2.25. The van der Waals surface area contributed by atoms with Gasteiger partial charge in [0.05, 0.1) is 7.11 Å². The van der Waals surface area contributed by atoms with Crippen molar-refractivity contribution < 1.29 is 14.3 Å². The summed E-state index contributed by atoms with van der Waals surface area (Å²) < 4.78 is 18.6. The van der Waals surface area contributed by atoms with Crippen LogP contribution >= 0.6 is 11.8 Å². The zero-order chi connectivity index (χ0) is 15.2. The monoisotopic (exact) mass is 306 g/mol. The number of nitrogens with zero attached hydrogens (tertiary/aromatic N) is 1. The van der Waals surface area contributed by atoms with E-state index in [2.05, 4.69) is 5.16 Å². The lowest BCUT2D eigenvalue weighted by Gasteiger charge is -2.06. The van der Waals surface area contributed by atoms with Gasteiger partial charge < -0.3 is 15.7 Å². The molecular formula is C15H15FN2O2S. The highest BCUT2D eigenvalue weighted by Gasteiger charge is 2.05. The molecule has 2 rings (SSSR count). The van der Waals surface area contributed by atoms with E-state index < -0.39 is 5.82 Å². The zero-order valence-electron chi connectivity index (χ0n) is 11.4. The predicted molar refractivity (Wildman–Crippen MR) is 81.5 cm³/mol. The summed E-state index contributed by atoms with van der Waals surface area (Å²) >= 11 is 1.56. The Morgan fingerprint density at radius 3 is 2.62 bits per heavy atom. The van der Waals surface area contributed by atoms with Crippen molar-refractivity contribution in [2.45, 2.75) is 10.6 Å². The van der Waals surface area contributed by atoms with Gasteiger partial charge in [0.2, 0.25) is 0 Å². The van der Waals surface area contributed by atoms with Gasteiger partial charge in [0.25, 0.3) is 0 Å². The van der Waals surface area contributed by atoms with E-state index in [-0.39, 0.29) is 5.84 Å². The predicted octanol–water partition coefficient (Wildman–Crippen LogP) is 3.22. The summed E-state index contributed by atoms with van der Waals surface area (Å²) in [6.45, 7) is 0. The van der Waals surface area contributed by atoms with Crippen LogP contribution in [0.3, 0.4) is 0 Å². The highest BCUT2D eigenvalue weighted by molar-refractivity contribution is 7.98. The van der Waals surface area contributed by atoms with Gasteiger partial charge in [-0.2, -0.15) is 0 Å². The van der Waals surface area contributed by atoms with E-state index in [1.807, 2.05) is 24.3 Å². The van der Waals surface area contributed by atoms with Crippen LogP contribution in [0.1, 0.15) is 11.1 Å². The van der Waals surface area contributed by atoms with E-state index in [4.69, 9.17) is 15.7 Å². The van der Waals surface area contributed by atoms with Crippen LogP contribution in [0.5, 0.6) is 5.75 Å². The van der Waals surface area contributed by atoms with Gasteiger partial charge in [-0.15, -0.1) is 11.8 Å². The van der Waals surface area contributed by atoms with Crippen LogP contribution in [-0.4, -0.2) is 18.2 Å². The maximum atomic E-state index is 13.5. The Balaban J connectivity index is 2.10. The molecule has 0 radical (unpaired) electrons. The molecule has 0 amide bonds. The first-order valence-corrected chi connectivity index (χ1v) is 7.15. The second-order valence-corrected chi connectivity index (χ2v) is 5.35. The number of rotatable bonds is 5. The van der Waals surface area contributed by atoms with Gasteiger partial charge in [0.1, 0.15) is 11.6 Å². The van der Waals surface area contributed by atoms with Crippen LogP contribution in [0, 0.1) is 5.82 Å². The minimum Gasteiger partial charge on any atom is -0.497 e. The normalized spacial score (nSPS) is 11.4. The van der Waals surface area contributed by atoms with Gasteiger partial charge >= 0.3 is 0 Å². The Bertz CT molecular complexity index is 645. The molecule has 6 heteroatoms. The van der Waals surface area contributed by atoms with Crippen molar-refractivity contribution in [2.24, 2.45) is 10.9 Å². The standard InChI is InChI=1S/C15H15FN2O2S/c1-20-13-2-4-14(5-3-13)21-9-10-6-11(15(17)18-19)8-12(16)7-10/h2-8,19H,9H2,1H3,(H2,17,18). The highest BCUT2D eigenvalue weighted by atomic mass is 32.2. The van der Waals surface area contributed by atoms with Crippen molar-refractivity contribution in [1.82, 2.24) is 0 Å². The van der Waals surface area contributed by atoms with Crippen LogP contribution in [0.2, 0.25) is 0 Å². The van der Waals surface area contributed by atoms with Crippen LogP contribution in [0.4, 0.5) is 4.39 Å². The lowest BCUT2D eigenvalue weighted by Crippen LogP contribution is -2.13. The third kappa shape index (κ3) is 4.13. The summed E-state index contributed by atoms with van der Waals surface area (Å²) in [5.41, 5.74) is 6.61. The van der Waals surface area contributed by atoms with Crippen LogP contribution < -0.4 is 10.5 Å². The fourth-order valence-corrected chi connectivity index (χ4v) is 2.61. The molecule has 4 nitrogen and oxygen atoms in total. The van der Waals surface area contributed by atoms with Crippen molar-refractivity contribution >= 4 is 17.6 Å². The second-order valence-electron chi connectivity index (χ2n) is 4.30. The summed E-state index contributed by atoms with van der Waals surface area (Å²) in [6.07, 6.45) is 0. The largest absolute Gasteiger partial charge is 0.497 e. The van der Waals surface area contributed by atoms with Crippen molar-refractivity contribution in [3.05, 3.63) is 59.4 Å². The molecule has 2 aromatic carbocycles. The Hall–Kier alpha value is -2.21. The molecule has 0 heterocycles. The fraction of sp³-hybridized carbons (Fsp3) is 0.133. The Labute approximate surface area is 126 Å². The molecule has 0 spiro atoms. The first kappa shape index (κ1) is 15.2. The Morgan fingerprint density at radius 2 is 2.00 bits per heavy atom. The molecule has 0 atom stereocenters. The molecule has 0 saturated heterocycles. The topological polar surface area (TPSA) is 67.8 Å². The van der Waals surface area contributed by atoms with Crippen molar-refractivity contribution in [3.63, 3.8) is 0 Å². The van der Waals surface area contributed by atoms with E-state index in [9.17, 15) is 4.39 Å². The van der Waals surface area contributed by atoms with Crippen LogP contribution in [0.15, 0.2) is 52.5 Å². The molecule has 2 aromatic rings. The number of hydrogen-bond donors (Lipinski definition) is 2. The summed E-state index contributed by atoms with van der Waals surface area (Å²) in [7, 11) is 1.61. The van der Waals surface area contributed by atoms with Crippen LogP contribution in [0.25, 0.3) is 0 Å². The van der Waals surface area contributed by atoms with E-state index in [0.717, 1.165) is 16.2 Å². The molecule has 3 N–H and O–H groups in total. The minimum absolute atomic E-state index is 0.106. The maximum absolute atomic E-state index is 13.5. The molecule has 0 fully saturated rings. The number of amidine groups is 1. The molecule has 0 aliphatic heterocycles. The van der Waals surface area contributed by atoms with Gasteiger partial charge in [-0.05, 0) is 48.0 Å². The molecular weight excluding hydrogens is 291 g/mol. The number of halogens is 1. The van der Waals surface area contributed by atoms with E-state index in [0.29, 0.717) is 11.3 Å². The second kappa shape index (κ2) is 6.99. The molecule has 21 heavy (non-hydrogen) atoms. The van der Waals surface area contributed by atoms with Gasteiger partial charge in [-0.25, -0.2) is 4.39 Å². The average Bonchev–Trinajstić information content (AvgIpc) is 2.52. The summed E-state index contributed by atoms with van der Waals surface area (Å²) in [5, 5.41) is 11.5. The minimum atomic E-state index is -0.413. The van der Waals surface area contributed by atoms with E-state index >= 15 is 0 Å². The van der Waals surface area contributed by atoms with Gasteiger partial charge in [0, 0.05) is 16.2 Å². The summed E-state index contributed by atoms with van der Waals surface area (Å²) in [6, 6.07) is 12.0. The third-order valence-corrected chi connectivity index (χ3v) is 3.91. The summed E-state index contributed by atoms with van der Waals surface area (Å²) in [4.78, 5) is 1.05. The number of benzene rings is 2. The number of oxime groups is 1. The van der Waals surface area contributed by atoms with Crippen molar-refractivity contribution in [1.29, 1.82) is 0 Å². The first-order chi connectivity index (χ1) is 10.1. The first-order valence-electron chi connectivity index (χ1n) is 6.16. The van der Waals surface area contributed by atoms with Crippen molar-refractivity contribution in [2.75, 3.05) is 7.11 Å². The Morgan fingerprint density at radius 1 is 1.29 bits per heavy atom. The lowest BCUT2D eigenvalue weighted by molar-refractivity contribution is 0.318. The van der Waals surface area contributed by atoms with Crippen LogP contribution in [-0.2, 0) is 5.75 Å². The number of hydrogen-bond acceptors (Lipinski definition) is 4. The molecule has 0 unspecified atom stereocenters. The van der Waals surface area contributed by atoms with Crippen molar-refractivity contribution in [3.8, 4) is 5.75 Å². The Kier molecular flexibility index (Phi) is 5.05. The number of ether oxygens (including phenoxy) is 1. The van der Waals surface area contributed by atoms with Gasteiger partial charge in [-0.3, -0.25) is 0 Å².